The van der Waals surface area contributed by atoms with Crippen molar-refractivity contribution in [2.45, 2.75) is 132 Å². The Morgan fingerprint density at radius 1 is 0.722 bits per heavy atom. The van der Waals surface area contributed by atoms with Crippen molar-refractivity contribution in [2.75, 3.05) is 7.05 Å². The molecule has 3 saturated heterocycles. The zero-order valence-corrected chi connectivity index (χ0v) is 20.0. The van der Waals surface area contributed by atoms with Crippen molar-refractivity contribution in [1.82, 2.24) is 5.32 Å². The number of hydrogen-bond donors (Lipinski definition) is 9. The van der Waals surface area contributed by atoms with Gasteiger partial charge in [0, 0.05) is 18.1 Å². The fraction of sp³-hybridized carbons (Fsp3) is 1.00. The van der Waals surface area contributed by atoms with E-state index >= 15 is 0 Å². The van der Waals surface area contributed by atoms with Gasteiger partial charge in [0.2, 0.25) is 0 Å². The van der Waals surface area contributed by atoms with Crippen LogP contribution in [0.4, 0.5) is 0 Å². The Morgan fingerprint density at radius 2 is 1.42 bits per heavy atom. The van der Waals surface area contributed by atoms with Crippen molar-refractivity contribution in [3.8, 4) is 0 Å². The minimum absolute atomic E-state index is 0. The third-order valence-electron chi connectivity index (χ3n) is 7.58. The normalized spacial score (nSPS) is 53.8. The molecule has 0 bridgehead atoms. The predicted molar refractivity (Wildman–Crippen MR) is 127 cm³/mol. The van der Waals surface area contributed by atoms with Crippen LogP contribution in [0.1, 0.15) is 33.6 Å². The summed E-state index contributed by atoms with van der Waals surface area (Å²) in [6, 6.07) is -3.03. The molecule has 4 fully saturated rings. The summed E-state index contributed by atoms with van der Waals surface area (Å²) < 4.78 is 29.7. The first kappa shape index (κ1) is 30.0. The summed E-state index contributed by atoms with van der Waals surface area (Å²) in [6.45, 7) is 1.80. The molecule has 14 heteroatoms. The zero-order chi connectivity index (χ0) is 25.6. The summed E-state index contributed by atoms with van der Waals surface area (Å²) in [6.07, 6.45) is -9.43. The molecule has 16 atom stereocenters. The van der Waals surface area contributed by atoms with Gasteiger partial charge in [-0.1, -0.05) is 7.43 Å². The molecule has 13 N–H and O–H groups in total. The average Bonchev–Trinajstić information content (AvgIpc) is 2.79. The van der Waals surface area contributed by atoms with Crippen LogP contribution in [0, 0.1) is 0 Å². The molecule has 0 amide bonds. The van der Waals surface area contributed by atoms with Crippen LogP contribution in [0.5, 0.6) is 0 Å². The van der Waals surface area contributed by atoms with Crippen LogP contribution < -0.4 is 28.3 Å². The molecule has 4 aliphatic rings. The summed E-state index contributed by atoms with van der Waals surface area (Å²) in [5.74, 6) is 0. The van der Waals surface area contributed by atoms with Crippen molar-refractivity contribution in [1.29, 1.82) is 0 Å². The third kappa shape index (κ3) is 5.87. The first-order valence-corrected chi connectivity index (χ1v) is 12.2. The number of nitrogens with one attached hydrogen (secondary N) is 1. The number of rotatable bonds is 5. The average molecular weight is 524 g/mol. The lowest BCUT2D eigenvalue weighted by atomic mass is 9.84. The van der Waals surface area contributed by atoms with E-state index in [1.807, 2.05) is 0 Å². The van der Waals surface area contributed by atoms with Gasteiger partial charge in [-0.25, -0.2) is 0 Å². The van der Waals surface area contributed by atoms with Crippen molar-refractivity contribution < 1.29 is 44.1 Å². The SMILES string of the molecule is C.CNC1C(O[C@H]2OC(C)[C@@H](N)CC2O)O[C@H]2CC(N)[C@@H](O[C@@H]3C(N)C[C@@H](N)C(O)[C@H]3O)OC2C1O. The molecule has 3 heterocycles. The smallest absolute Gasteiger partial charge is 0.186 e. The summed E-state index contributed by atoms with van der Waals surface area (Å²) in [5.41, 5.74) is 24.2. The number of aliphatic hydroxyl groups excluding tert-OH is 4. The lowest BCUT2D eigenvalue weighted by molar-refractivity contribution is -0.366. The van der Waals surface area contributed by atoms with Gasteiger partial charge in [0.25, 0.3) is 0 Å². The molecule has 0 aromatic heterocycles. The molecule has 4 rings (SSSR count). The van der Waals surface area contributed by atoms with E-state index < -0.39 is 85.8 Å². The maximum atomic E-state index is 11.1. The van der Waals surface area contributed by atoms with Crippen molar-refractivity contribution in [3.63, 3.8) is 0 Å². The molecule has 0 aromatic carbocycles. The Bertz CT molecular complexity index is 711. The second-order valence-electron chi connectivity index (χ2n) is 10.2. The van der Waals surface area contributed by atoms with Crippen LogP contribution in [-0.2, 0) is 23.7 Å². The van der Waals surface area contributed by atoms with Gasteiger partial charge in [-0.15, -0.1) is 0 Å². The Kier molecular flexibility index (Phi) is 10.1. The van der Waals surface area contributed by atoms with Gasteiger partial charge in [-0.05, 0) is 33.2 Å². The minimum Gasteiger partial charge on any atom is -0.389 e. The summed E-state index contributed by atoms with van der Waals surface area (Å²) in [5, 5.41) is 45.0. The van der Waals surface area contributed by atoms with Gasteiger partial charge in [-0.3, -0.25) is 0 Å². The van der Waals surface area contributed by atoms with E-state index in [-0.39, 0.29) is 32.4 Å². The van der Waals surface area contributed by atoms with Crippen molar-refractivity contribution in [2.24, 2.45) is 22.9 Å². The van der Waals surface area contributed by atoms with E-state index in [1.54, 1.807) is 14.0 Å². The van der Waals surface area contributed by atoms with E-state index in [0.29, 0.717) is 6.42 Å². The number of likely N-dealkylation sites (N-methyl/N-ethyl adjacent to an activating group) is 1. The van der Waals surface area contributed by atoms with E-state index in [1.165, 1.54) is 0 Å². The van der Waals surface area contributed by atoms with E-state index in [0.717, 1.165) is 0 Å². The topological polar surface area (TPSA) is 243 Å². The summed E-state index contributed by atoms with van der Waals surface area (Å²) in [7, 11) is 1.63. The lowest BCUT2D eigenvalue weighted by Gasteiger charge is -2.51. The fourth-order valence-electron chi connectivity index (χ4n) is 5.33. The maximum Gasteiger partial charge on any atom is 0.186 e. The zero-order valence-electron chi connectivity index (χ0n) is 20.0. The number of aliphatic hydroxyl groups is 4. The largest absolute Gasteiger partial charge is 0.389 e. The van der Waals surface area contributed by atoms with Gasteiger partial charge in [0.1, 0.15) is 30.5 Å². The van der Waals surface area contributed by atoms with Gasteiger partial charge in [0.15, 0.2) is 18.9 Å². The van der Waals surface area contributed by atoms with Crippen molar-refractivity contribution in [3.05, 3.63) is 0 Å². The Balaban J connectivity index is 0.00000361. The monoisotopic (exact) mass is 523 g/mol. The van der Waals surface area contributed by atoms with Crippen LogP contribution in [0.25, 0.3) is 0 Å². The second kappa shape index (κ2) is 12.1. The van der Waals surface area contributed by atoms with Crippen LogP contribution in [0.3, 0.4) is 0 Å². The fourth-order valence-corrected chi connectivity index (χ4v) is 5.33. The number of ether oxygens (including phenoxy) is 5. The van der Waals surface area contributed by atoms with Crippen LogP contribution >= 0.6 is 0 Å². The Hall–Kier alpha value is -0.560. The minimum atomic E-state index is -1.31. The quantitative estimate of drug-likeness (QED) is 0.166. The van der Waals surface area contributed by atoms with E-state index in [2.05, 4.69) is 5.32 Å². The standard InChI is InChI=1S/C21H41N5O9.CH4/c1-6-7(22)4-11(27)20(31-6)35-21-13(26-2)15(29)18-12(32-21)5-10(25)19(34-18)33-17-9(24)3-8(23)14(28)16(17)30;/h6-21,26-30H,3-5,22-25H2,1-2H3;1H4/t6?,7-,8+,9?,10?,11?,12-,13?,14?,15?,16+,17+,18?,19-,20+,21?;/m0./s1. The number of hydrogen-bond acceptors (Lipinski definition) is 14. The highest BCUT2D eigenvalue weighted by molar-refractivity contribution is 5.01. The first-order chi connectivity index (χ1) is 16.5. The molecule has 212 valence electrons. The summed E-state index contributed by atoms with van der Waals surface area (Å²) in [4.78, 5) is 0. The third-order valence-corrected chi connectivity index (χ3v) is 7.58. The molecular formula is C22H45N5O9. The molecule has 36 heavy (non-hydrogen) atoms. The molecule has 0 aromatic rings. The van der Waals surface area contributed by atoms with E-state index in [9.17, 15) is 20.4 Å². The molecule has 1 saturated carbocycles. The Morgan fingerprint density at radius 3 is 2.08 bits per heavy atom. The number of nitrogens with two attached hydrogens (primary N) is 4. The van der Waals surface area contributed by atoms with Gasteiger partial charge in [-0.2, -0.15) is 0 Å². The predicted octanol–water partition coefficient (Wildman–Crippen LogP) is -4.26. The highest BCUT2D eigenvalue weighted by Gasteiger charge is 2.53. The van der Waals surface area contributed by atoms with Crippen LogP contribution in [0.15, 0.2) is 0 Å². The van der Waals surface area contributed by atoms with Crippen LogP contribution in [0.2, 0.25) is 0 Å². The second-order valence-corrected chi connectivity index (χ2v) is 10.2. The lowest BCUT2D eigenvalue weighted by Crippen LogP contribution is -2.69. The van der Waals surface area contributed by atoms with Gasteiger partial charge < -0.3 is 72.4 Å². The first-order valence-electron chi connectivity index (χ1n) is 12.2. The van der Waals surface area contributed by atoms with Gasteiger partial charge >= 0.3 is 0 Å². The molecule has 0 spiro atoms. The highest BCUT2D eigenvalue weighted by Crippen LogP contribution is 2.35. The molecule has 0 radical (unpaired) electrons. The molecule has 1 aliphatic carbocycles. The van der Waals surface area contributed by atoms with E-state index in [4.69, 9.17) is 46.6 Å². The highest BCUT2D eigenvalue weighted by atomic mass is 16.8. The molecule has 9 unspecified atom stereocenters. The summed E-state index contributed by atoms with van der Waals surface area (Å²) >= 11 is 0. The Labute approximate surface area is 211 Å². The molecular weight excluding hydrogens is 478 g/mol. The number of fused-ring (bicyclic) bond motifs is 1. The van der Waals surface area contributed by atoms with Crippen LogP contribution in [-0.4, -0.2) is 125 Å². The van der Waals surface area contributed by atoms with Crippen molar-refractivity contribution >= 4 is 0 Å². The maximum absolute atomic E-state index is 11.1. The molecule has 3 aliphatic heterocycles. The molecule has 14 nitrogen and oxygen atoms in total. The van der Waals surface area contributed by atoms with Gasteiger partial charge in [0.05, 0.1) is 30.4 Å².